The Kier molecular flexibility index (Phi) is 5.59. The van der Waals surface area contributed by atoms with Crippen molar-refractivity contribution in [1.29, 1.82) is 0 Å². The van der Waals surface area contributed by atoms with E-state index in [9.17, 15) is 9.90 Å². The summed E-state index contributed by atoms with van der Waals surface area (Å²) in [5.41, 5.74) is 2.96. The zero-order valence-electron chi connectivity index (χ0n) is 14.6. The summed E-state index contributed by atoms with van der Waals surface area (Å²) in [7, 11) is 0. The molecule has 0 saturated carbocycles. The third kappa shape index (κ3) is 4.23. The zero-order valence-corrected chi connectivity index (χ0v) is 15.4. The van der Waals surface area contributed by atoms with Gasteiger partial charge in [-0.1, -0.05) is 17.7 Å². The van der Waals surface area contributed by atoms with E-state index >= 15 is 0 Å². The summed E-state index contributed by atoms with van der Waals surface area (Å²) < 4.78 is 11.0. The second kappa shape index (κ2) is 7.89. The first kappa shape index (κ1) is 18.4. The van der Waals surface area contributed by atoms with Crippen LogP contribution in [0.4, 0.5) is 0 Å². The van der Waals surface area contributed by atoms with Crippen molar-refractivity contribution in [3.05, 3.63) is 53.1 Å². The van der Waals surface area contributed by atoms with Gasteiger partial charge in [-0.25, -0.2) is 4.98 Å². The molecular weight excluding hydrogens is 354 g/mol. The molecule has 26 heavy (non-hydrogen) atoms. The van der Waals surface area contributed by atoms with E-state index in [4.69, 9.17) is 20.8 Å². The molecule has 0 saturated heterocycles. The monoisotopic (exact) mass is 373 g/mol. The van der Waals surface area contributed by atoms with Crippen LogP contribution in [0.1, 0.15) is 31.7 Å². The fourth-order valence-electron chi connectivity index (χ4n) is 2.52. The molecule has 0 aliphatic carbocycles. The molecule has 136 valence electrons. The van der Waals surface area contributed by atoms with Crippen molar-refractivity contribution >= 4 is 28.7 Å². The van der Waals surface area contributed by atoms with Crippen molar-refractivity contribution in [2.24, 2.45) is 0 Å². The molecule has 0 radical (unpaired) electrons. The molecule has 0 amide bonds. The minimum absolute atomic E-state index is 0.202. The molecule has 6 heteroatoms. The SMILES string of the molecule is CC(O)CCOC(=O)C(C)c1ccc2oc(-c3ccc(Cl)cc3)nc2c1. The Morgan fingerprint density at radius 2 is 1.96 bits per heavy atom. The van der Waals surface area contributed by atoms with E-state index in [2.05, 4.69) is 4.98 Å². The molecule has 2 atom stereocenters. The van der Waals surface area contributed by atoms with Gasteiger partial charge in [0.2, 0.25) is 5.89 Å². The van der Waals surface area contributed by atoms with Gasteiger partial charge in [-0.3, -0.25) is 4.79 Å². The molecule has 3 rings (SSSR count). The summed E-state index contributed by atoms with van der Waals surface area (Å²) in [6.45, 7) is 3.65. The van der Waals surface area contributed by atoms with Gasteiger partial charge >= 0.3 is 5.97 Å². The van der Waals surface area contributed by atoms with Gasteiger partial charge in [0.05, 0.1) is 18.6 Å². The van der Waals surface area contributed by atoms with Crippen LogP contribution in [0.15, 0.2) is 46.9 Å². The van der Waals surface area contributed by atoms with Gasteiger partial charge in [-0.2, -0.15) is 0 Å². The second-order valence-corrected chi connectivity index (χ2v) is 6.72. The van der Waals surface area contributed by atoms with Gasteiger partial charge in [0, 0.05) is 17.0 Å². The molecule has 1 aromatic heterocycles. The van der Waals surface area contributed by atoms with Crippen molar-refractivity contribution < 1.29 is 19.1 Å². The van der Waals surface area contributed by atoms with Crippen molar-refractivity contribution in [2.75, 3.05) is 6.61 Å². The average molecular weight is 374 g/mol. The Hall–Kier alpha value is -2.37. The molecule has 1 N–H and O–H groups in total. The van der Waals surface area contributed by atoms with Crippen LogP contribution in [0.3, 0.4) is 0 Å². The van der Waals surface area contributed by atoms with E-state index in [1.54, 1.807) is 32.0 Å². The number of oxazole rings is 1. The van der Waals surface area contributed by atoms with Crippen LogP contribution in [0.25, 0.3) is 22.6 Å². The maximum absolute atomic E-state index is 12.2. The van der Waals surface area contributed by atoms with E-state index in [1.807, 2.05) is 24.3 Å². The first-order valence-electron chi connectivity index (χ1n) is 8.45. The summed E-state index contributed by atoms with van der Waals surface area (Å²) in [6.07, 6.45) is -0.0681. The highest BCUT2D eigenvalue weighted by Crippen LogP contribution is 2.28. The number of halogens is 1. The topological polar surface area (TPSA) is 72.6 Å². The van der Waals surface area contributed by atoms with Crippen molar-refractivity contribution in [3.63, 3.8) is 0 Å². The average Bonchev–Trinajstić information content (AvgIpc) is 3.04. The lowest BCUT2D eigenvalue weighted by atomic mass is 10.0. The third-order valence-corrected chi connectivity index (χ3v) is 4.39. The lowest BCUT2D eigenvalue weighted by molar-refractivity contribution is -0.145. The van der Waals surface area contributed by atoms with E-state index in [-0.39, 0.29) is 12.6 Å². The standard InChI is InChI=1S/C20H20ClNO4/c1-12(23)9-10-25-20(24)13(2)15-5-8-18-17(11-15)22-19(26-18)14-3-6-16(21)7-4-14/h3-8,11-13,23H,9-10H2,1-2H3. The lowest BCUT2D eigenvalue weighted by Crippen LogP contribution is -2.16. The van der Waals surface area contributed by atoms with Gasteiger partial charge in [-0.15, -0.1) is 0 Å². The van der Waals surface area contributed by atoms with Crippen LogP contribution < -0.4 is 0 Å². The summed E-state index contributed by atoms with van der Waals surface area (Å²) >= 11 is 5.91. The smallest absolute Gasteiger partial charge is 0.313 e. The molecule has 0 aliphatic rings. The highest BCUT2D eigenvalue weighted by atomic mass is 35.5. The molecule has 1 heterocycles. The second-order valence-electron chi connectivity index (χ2n) is 6.28. The molecule has 0 fully saturated rings. The Morgan fingerprint density at radius 3 is 2.65 bits per heavy atom. The lowest BCUT2D eigenvalue weighted by Gasteiger charge is -2.12. The number of nitrogens with zero attached hydrogens (tertiary/aromatic N) is 1. The maximum atomic E-state index is 12.2. The fourth-order valence-corrected chi connectivity index (χ4v) is 2.65. The molecule has 5 nitrogen and oxygen atoms in total. The van der Waals surface area contributed by atoms with Crippen LogP contribution in [0, 0.1) is 0 Å². The van der Waals surface area contributed by atoms with Gasteiger partial charge in [0.1, 0.15) is 5.52 Å². The number of ether oxygens (including phenoxy) is 1. The maximum Gasteiger partial charge on any atom is 0.313 e. The highest BCUT2D eigenvalue weighted by molar-refractivity contribution is 6.30. The van der Waals surface area contributed by atoms with Crippen LogP contribution in [0.2, 0.25) is 5.02 Å². The summed E-state index contributed by atoms with van der Waals surface area (Å²) in [5.74, 6) is -0.253. The summed E-state index contributed by atoms with van der Waals surface area (Å²) in [6, 6.07) is 12.7. The third-order valence-electron chi connectivity index (χ3n) is 4.14. The number of benzene rings is 2. The van der Waals surface area contributed by atoms with Crippen LogP contribution in [-0.4, -0.2) is 28.8 Å². The van der Waals surface area contributed by atoms with Crippen LogP contribution in [0.5, 0.6) is 0 Å². The first-order chi connectivity index (χ1) is 12.4. The number of fused-ring (bicyclic) bond motifs is 1. The van der Waals surface area contributed by atoms with E-state index < -0.39 is 12.0 Å². The fraction of sp³-hybridized carbons (Fsp3) is 0.300. The van der Waals surface area contributed by atoms with Crippen LogP contribution in [-0.2, 0) is 9.53 Å². The minimum Gasteiger partial charge on any atom is -0.465 e. The predicted octanol–water partition coefficient (Wildman–Crippen LogP) is 4.57. The number of aromatic nitrogens is 1. The van der Waals surface area contributed by atoms with Crippen molar-refractivity contribution in [2.45, 2.75) is 32.3 Å². The summed E-state index contributed by atoms with van der Waals surface area (Å²) in [4.78, 5) is 16.7. The normalized spacial score (nSPS) is 13.5. The van der Waals surface area contributed by atoms with Crippen molar-refractivity contribution in [3.8, 4) is 11.5 Å². The van der Waals surface area contributed by atoms with Gasteiger partial charge in [0.15, 0.2) is 5.58 Å². The highest BCUT2D eigenvalue weighted by Gasteiger charge is 2.19. The number of hydrogen-bond donors (Lipinski definition) is 1. The molecule has 3 aromatic rings. The Balaban J connectivity index is 1.78. The molecular formula is C20H20ClNO4. The van der Waals surface area contributed by atoms with Crippen LogP contribution >= 0.6 is 11.6 Å². The molecule has 2 aromatic carbocycles. The minimum atomic E-state index is -0.490. The number of carbonyl (C=O) groups is 1. The number of hydrogen-bond acceptors (Lipinski definition) is 5. The molecule has 2 unspecified atom stereocenters. The number of rotatable bonds is 6. The number of aliphatic hydroxyl groups excluding tert-OH is 1. The first-order valence-corrected chi connectivity index (χ1v) is 8.83. The summed E-state index contributed by atoms with van der Waals surface area (Å²) in [5, 5.41) is 9.88. The van der Waals surface area contributed by atoms with E-state index in [0.717, 1.165) is 11.1 Å². The Morgan fingerprint density at radius 1 is 1.23 bits per heavy atom. The molecule has 0 aliphatic heterocycles. The Labute approximate surface area is 156 Å². The van der Waals surface area contributed by atoms with Gasteiger partial charge < -0.3 is 14.3 Å². The number of aliphatic hydroxyl groups is 1. The van der Waals surface area contributed by atoms with Gasteiger partial charge in [-0.05, 0) is 55.8 Å². The molecule has 0 spiro atoms. The molecule has 0 bridgehead atoms. The quantitative estimate of drug-likeness (QED) is 0.641. The zero-order chi connectivity index (χ0) is 18.7. The number of esters is 1. The van der Waals surface area contributed by atoms with Gasteiger partial charge in [0.25, 0.3) is 0 Å². The largest absolute Gasteiger partial charge is 0.465 e. The Bertz CT molecular complexity index is 902. The van der Waals surface area contributed by atoms with E-state index in [1.165, 1.54) is 0 Å². The predicted molar refractivity (Wildman–Crippen MR) is 100 cm³/mol. The van der Waals surface area contributed by atoms with E-state index in [0.29, 0.717) is 28.4 Å². The van der Waals surface area contributed by atoms with Crippen molar-refractivity contribution in [1.82, 2.24) is 4.98 Å². The number of carbonyl (C=O) groups excluding carboxylic acids is 1.